The Morgan fingerprint density at radius 3 is 2.50 bits per heavy atom. The van der Waals surface area contributed by atoms with Crippen LogP contribution in [0.2, 0.25) is 5.02 Å². The summed E-state index contributed by atoms with van der Waals surface area (Å²) in [7, 11) is -3.96. The minimum atomic E-state index is -3.96. The normalized spacial score (nSPS) is 12.7. The van der Waals surface area contributed by atoms with E-state index < -0.39 is 15.9 Å². The van der Waals surface area contributed by atoms with E-state index in [1.54, 1.807) is 18.2 Å². The van der Waals surface area contributed by atoms with Crippen LogP contribution in [0.3, 0.4) is 0 Å². The zero-order chi connectivity index (χ0) is 22.7. The zero-order valence-electron chi connectivity index (χ0n) is 17.2. The molecule has 32 heavy (non-hydrogen) atoms. The fourth-order valence-corrected chi connectivity index (χ4v) is 4.79. The number of carbonyl (C=O) groups is 1. The number of nitrogens with one attached hydrogen (secondary N) is 1. The number of carbonyl (C=O) groups excluding carboxylic acids is 1. The molecule has 0 bridgehead atoms. The predicted octanol–water partition coefficient (Wildman–Crippen LogP) is 4.21. The lowest BCUT2D eigenvalue weighted by atomic mass is 10.1. The lowest BCUT2D eigenvalue weighted by Gasteiger charge is -2.23. The molecule has 0 aliphatic carbocycles. The number of benzene rings is 3. The van der Waals surface area contributed by atoms with Crippen LogP contribution in [0.1, 0.15) is 11.1 Å². The molecular formula is C23H21ClN2O5S. The molecule has 0 fully saturated rings. The second-order valence-electron chi connectivity index (χ2n) is 7.27. The summed E-state index contributed by atoms with van der Waals surface area (Å²) in [6, 6.07) is 18.3. The molecule has 0 saturated heterocycles. The van der Waals surface area contributed by atoms with Gasteiger partial charge in [0.05, 0.1) is 11.4 Å². The molecule has 7 nitrogen and oxygen atoms in total. The Kier molecular flexibility index (Phi) is 6.36. The molecule has 1 amide bonds. The average molecular weight is 473 g/mol. The highest BCUT2D eigenvalue weighted by molar-refractivity contribution is 7.89. The number of ether oxygens (including phenoxy) is 2. The maximum atomic E-state index is 13.4. The Balaban J connectivity index is 1.59. The van der Waals surface area contributed by atoms with E-state index in [0.717, 1.165) is 15.4 Å². The monoisotopic (exact) mass is 472 g/mol. The molecular weight excluding hydrogens is 452 g/mol. The molecule has 3 aromatic rings. The van der Waals surface area contributed by atoms with Crippen molar-refractivity contribution in [2.24, 2.45) is 0 Å². The highest BCUT2D eigenvalue weighted by atomic mass is 35.5. The van der Waals surface area contributed by atoms with Gasteiger partial charge in [0.2, 0.25) is 22.7 Å². The lowest BCUT2D eigenvalue weighted by Crippen LogP contribution is -2.37. The fraction of sp³-hybridized carbons (Fsp3) is 0.174. The Labute approximate surface area is 191 Å². The van der Waals surface area contributed by atoms with E-state index in [-0.39, 0.29) is 24.8 Å². The van der Waals surface area contributed by atoms with E-state index in [1.807, 2.05) is 31.2 Å². The molecule has 0 unspecified atom stereocenters. The van der Waals surface area contributed by atoms with Crippen molar-refractivity contribution in [2.75, 3.05) is 18.7 Å². The molecule has 166 valence electrons. The van der Waals surface area contributed by atoms with Crippen molar-refractivity contribution < 1.29 is 22.7 Å². The first-order valence-electron chi connectivity index (χ1n) is 9.83. The van der Waals surface area contributed by atoms with E-state index >= 15 is 0 Å². The number of aryl methyl sites for hydroxylation is 1. The summed E-state index contributed by atoms with van der Waals surface area (Å²) in [5.74, 6) is 0.637. The van der Waals surface area contributed by atoms with Crippen molar-refractivity contribution in [2.45, 2.75) is 18.4 Å². The SMILES string of the molecule is Cc1ccccc1CN(CC(=O)Nc1ccc2c(c1)OCO2)S(=O)(=O)c1ccc(Cl)cc1. The van der Waals surface area contributed by atoms with Crippen molar-refractivity contribution in [1.82, 2.24) is 4.31 Å². The van der Waals surface area contributed by atoms with Gasteiger partial charge in [0, 0.05) is 23.3 Å². The minimum absolute atomic E-state index is 0.0478. The number of nitrogens with zero attached hydrogens (tertiary/aromatic N) is 1. The number of amides is 1. The maximum Gasteiger partial charge on any atom is 0.243 e. The van der Waals surface area contributed by atoms with Crippen LogP contribution in [-0.4, -0.2) is 32.0 Å². The lowest BCUT2D eigenvalue weighted by molar-refractivity contribution is -0.116. The third-order valence-electron chi connectivity index (χ3n) is 5.04. The summed E-state index contributed by atoms with van der Waals surface area (Å²) >= 11 is 5.92. The van der Waals surface area contributed by atoms with Crippen LogP contribution in [0.25, 0.3) is 0 Å². The summed E-state index contributed by atoms with van der Waals surface area (Å²) in [6.07, 6.45) is 0. The van der Waals surface area contributed by atoms with Crippen LogP contribution in [0.5, 0.6) is 11.5 Å². The van der Waals surface area contributed by atoms with Crippen molar-refractivity contribution in [3.05, 3.63) is 82.9 Å². The molecule has 0 spiro atoms. The minimum Gasteiger partial charge on any atom is -0.454 e. The van der Waals surface area contributed by atoms with Crippen LogP contribution < -0.4 is 14.8 Å². The Hall–Kier alpha value is -3.07. The molecule has 1 aliphatic heterocycles. The van der Waals surface area contributed by atoms with Crippen molar-refractivity contribution in [3.8, 4) is 11.5 Å². The Morgan fingerprint density at radius 2 is 1.75 bits per heavy atom. The van der Waals surface area contributed by atoms with E-state index in [1.165, 1.54) is 24.3 Å². The first-order chi connectivity index (χ1) is 15.3. The second kappa shape index (κ2) is 9.20. The number of sulfonamides is 1. The first kappa shape index (κ1) is 22.1. The van der Waals surface area contributed by atoms with E-state index in [2.05, 4.69) is 5.32 Å². The Morgan fingerprint density at radius 1 is 1.03 bits per heavy atom. The maximum absolute atomic E-state index is 13.4. The summed E-state index contributed by atoms with van der Waals surface area (Å²) in [4.78, 5) is 12.9. The van der Waals surface area contributed by atoms with Gasteiger partial charge in [-0.25, -0.2) is 8.42 Å². The number of anilines is 1. The molecule has 0 aromatic heterocycles. The number of hydrogen-bond donors (Lipinski definition) is 1. The van der Waals surface area contributed by atoms with E-state index in [4.69, 9.17) is 21.1 Å². The summed E-state index contributed by atoms with van der Waals surface area (Å²) in [5, 5.41) is 3.16. The molecule has 0 atom stereocenters. The van der Waals surface area contributed by atoms with Crippen LogP contribution in [0, 0.1) is 6.92 Å². The van der Waals surface area contributed by atoms with Gasteiger partial charge in [0.25, 0.3) is 0 Å². The number of fused-ring (bicyclic) bond motifs is 1. The Bertz CT molecular complexity index is 1250. The molecule has 1 aliphatic rings. The smallest absolute Gasteiger partial charge is 0.243 e. The van der Waals surface area contributed by atoms with E-state index in [0.29, 0.717) is 22.2 Å². The van der Waals surface area contributed by atoms with Gasteiger partial charge in [-0.05, 0) is 54.4 Å². The van der Waals surface area contributed by atoms with Gasteiger partial charge in [-0.1, -0.05) is 35.9 Å². The van der Waals surface area contributed by atoms with Crippen molar-refractivity contribution >= 4 is 33.2 Å². The molecule has 1 heterocycles. The van der Waals surface area contributed by atoms with Gasteiger partial charge in [-0.3, -0.25) is 4.79 Å². The molecule has 9 heteroatoms. The number of rotatable bonds is 7. The number of hydrogen-bond acceptors (Lipinski definition) is 5. The predicted molar refractivity (Wildman–Crippen MR) is 121 cm³/mol. The molecule has 4 rings (SSSR count). The fourth-order valence-electron chi connectivity index (χ4n) is 3.29. The van der Waals surface area contributed by atoms with Gasteiger partial charge >= 0.3 is 0 Å². The molecule has 0 radical (unpaired) electrons. The summed E-state index contributed by atoms with van der Waals surface area (Å²) in [5.41, 5.74) is 2.22. The average Bonchev–Trinajstić information content (AvgIpc) is 3.23. The third-order valence-corrected chi connectivity index (χ3v) is 7.09. The van der Waals surface area contributed by atoms with Gasteiger partial charge in [0.1, 0.15) is 0 Å². The summed E-state index contributed by atoms with van der Waals surface area (Å²) < 4.78 is 38.5. The van der Waals surface area contributed by atoms with Crippen LogP contribution in [0.15, 0.2) is 71.6 Å². The largest absolute Gasteiger partial charge is 0.454 e. The van der Waals surface area contributed by atoms with Gasteiger partial charge in [-0.2, -0.15) is 4.31 Å². The zero-order valence-corrected chi connectivity index (χ0v) is 18.8. The quantitative estimate of drug-likeness (QED) is 0.557. The van der Waals surface area contributed by atoms with Crippen molar-refractivity contribution in [1.29, 1.82) is 0 Å². The van der Waals surface area contributed by atoms with Gasteiger partial charge < -0.3 is 14.8 Å². The standard InChI is InChI=1S/C23H21ClN2O5S/c1-16-4-2-3-5-17(16)13-26(32(28,29)20-9-6-18(24)7-10-20)14-23(27)25-19-8-11-21-22(12-19)31-15-30-21/h2-12H,13-15H2,1H3,(H,25,27). The molecule has 1 N–H and O–H groups in total. The first-order valence-corrected chi connectivity index (χ1v) is 11.6. The second-order valence-corrected chi connectivity index (χ2v) is 9.64. The summed E-state index contributed by atoms with van der Waals surface area (Å²) in [6.45, 7) is 1.70. The highest BCUT2D eigenvalue weighted by Crippen LogP contribution is 2.34. The number of halogens is 1. The van der Waals surface area contributed by atoms with Crippen molar-refractivity contribution in [3.63, 3.8) is 0 Å². The molecule has 0 saturated carbocycles. The highest BCUT2D eigenvalue weighted by Gasteiger charge is 2.27. The third kappa shape index (κ3) is 4.88. The van der Waals surface area contributed by atoms with Crippen LogP contribution in [0.4, 0.5) is 5.69 Å². The van der Waals surface area contributed by atoms with Gasteiger partial charge in [0.15, 0.2) is 11.5 Å². The van der Waals surface area contributed by atoms with Gasteiger partial charge in [-0.15, -0.1) is 0 Å². The van der Waals surface area contributed by atoms with E-state index in [9.17, 15) is 13.2 Å². The van der Waals surface area contributed by atoms with Crippen LogP contribution >= 0.6 is 11.6 Å². The topological polar surface area (TPSA) is 84.9 Å². The van der Waals surface area contributed by atoms with Crippen LogP contribution in [-0.2, 0) is 21.4 Å². The molecule has 3 aromatic carbocycles.